The number of hydrogen-bond acceptors (Lipinski definition) is 7. The predicted octanol–water partition coefficient (Wildman–Crippen LogP) is -0.598. The van der Waals surface area contributed by atoms with Crippen LogP contribution in [0.4, 0.5) is 0 Å². The number of phenols is 2. The summed E-state index contributed by atoms with van der Waals surface area (Å²) < 4.78 is 0. The first-order chi connectivity index (χ1) is 16.1. The first-order valence-electron chi connectivity index (χ1n) is 10.5. The van der Waals surface area contributed by atoms with Crippen molar-refractivity contribution < 1.29 is 34.5 Å². The number of nitrogens with two attached hydrogens (primary N) is 1. The van der Waals surface area contributed by atoms with Gasteiger partial charge in [0, 0.05) is 19.4 Å². The lowest BCUT2D eigenvalue weighted by Gasteiger charge is -2.15. The Morgan fingerprint density at radius 3 is 1.85 bits per heavy atom. The maximum Gasteiger partial charge on any atom is 0.326 e. The molecule has 11 heteroatoms. The minimum absolute atomic E-state index is 0.0319. The number of carbonyl (C=O) groups excluding carboxylic acids is 3. The Morgan fingerprint density at radius 2 is 1.32 bits per heavy atom. The molecule has 2 rings (SSSR count). The zero-order valence-corrected chi connectivity index (χ0v) is 18.4. The van der Waals surface area contributed by atoms with Gasteiger partial charge in [0.15, 0.2) is 0 Å². The Hall–Kier alpha value is -4.12. The fourth-order valence-electron chi connectivity index (χ4n) is 2.99. The Bertz CT molecular complexity index is 993. The van der Waals surface area contributed by atoms with Crippen molar-refractivity contribution in [1.29, 1.82) is 0 Å². The molecule has 0 saturated carbocycles. The van der Waals surface area contributed by atoms with Crippen LogP contribution in [0.1, 0.15) is 17.5 Å². The predicted molar refractivity (Wildman–Crippen MR) is 122 cm³/mol. The van der Waals surface area contributed by atoms with Crippen molar-refractivity contribution in [2.75, 3.05) is 13.1 Å². The quantitative estimate of drug-likeness (QED) is 0.213. The number of carbonyl (C=O) groups is 4. The summed E-state index contributed by atoms with van der Waals surface area (Å²) in [6.07, 6.45) is 0.104. The second kappa shape index (κ2) is 12.8. The third kappa shape index (κ3) is 9.17. The minimum atomic E-state index is -1.21. The molecule has 2 aromatic carbocycles. The van der Waals surface area contributed by atoms with Crippen LogP contribution in [-0.2, 0) is 32.0 Å². The smallest absolute Gasteiger partial charge is 0.326 e. The molecule has 0 radical (unpaired) electrons. The largest absolute Gasteiger partial charge is 0.508 e. The first-order valence-corrected chi connectivity index (χ1v) is 10.5. The van der Waals surface area contributed by atoms with Crippen molar-refractivity contribution in [3.8, 4) is 11.5 Å². The standard InChI is InChI=1S/C23H28N4O7/c24-18(11-14-1-5-16(28)6-2-14)22(32)26-13-21(31)25-10-9-20(30)27-19(23(33)34)12-15-3-7-17(29)8-4-15/h1-8,18-19,28-29H,9-13,24H2,(H,25,31)(H,26,32)(H,27,30)(H,33,34). The van der Waals surface area contributed by atoms with Gasteiger partial charge in [-0.1, -0.05) is 24.3 Å². The van der Waals surface area contributed by atoms with Crippen molar-refractivity contribution in [1.82, 2.24) is 16.0 Å². The van der Waals surface area contributed by atoms with E-state index in [-0.39, 0.29) is 43.9 Å². The third-order valence-electron chi connectivity index (χ3n) is 4.84. The van der Waals surface area contributed by atoms with Gasteiger partial charge in [-0.25, -0.2) is 4.79 Å². The summed E-state index contributed by atoms with van der Waals surface area (Å²) in [6, 6.07) is 10.2. The molecule has 2 atom stereocenters. The second-order valence-corrected chi connectivity index (χ2v) is 7.62. The van der Waals surface area contributed by atoms with Gasteiger partial charge >= 0.3 is 5.97 Å². The number of rotatable bonds is 12. The van der Waals surface area contributed by atoms with Crippen LogP contribution in [0.15, 0.2) is 48.5 Å². The van der Waals surface area contributed by atoms with Crippen molar-refractivity contribution in [3.63, 3.8) is 0 Å². The van der Waals surface area contributed by atoms with Gasteiger partial charge in [-0.15, -0.1) is 0 Å². The van der Waals surface area contributed by atoms with Gasteiger partial charge in [-0.3, -0.25) is 14.4 Å². The molecule has 11 nitrogen and oxygen atoms in total. The summed E-state index contributed by atoms with van der Waals surface area (Å²) >= 11 is 0. The van der Waals surface area contributed by atoms with Crippen LogP contribution in [0.5, 0.6) is 11.5 Å². The highest BCUT2D eigenvalue weighted by Gasteiger charge is 2.20. The van der Waals surface area contributed by atoms with Gasteiger partial charge in [-0.05, 0) is 41.8 Å². The van der Waals surface area contributed by atoms with E-state index in [4.69, 9.17) is 5.73 Å². The van der Waals surface area contributed by atoms with Crippen LogP contribution in [0.25, 0.3) is 0 Å². The summed E-state index contributed by atoms with van der Waals surface area (Å²) in [7, 11) is 0. The Balaban J connectivity index is 1.68. The van der Waals surface area contributed by atoms with Crippen molar-refractivity contribution >= 4 is 23.7 Å². The molecule has 0 saturated heterocycles. The Labute approximate surface area is 196 Å². The second-order valence-electron chi connectivity index (χ2n) is 7.62. The lowest BCUT2D eigenvalue weighted by atomic mass is 10.1. The number of nitrogens with one attached hydrogen (secondary N) is 3. The van der Waals surface area contributed by atoms with Crippen LogP contribution in [0, 0.1) is 0 Å². The third-order valence-corrected chi connectivity index (χ3v) is 4.84. The normalized spacial score (nSPS) is 12.3. The lowest BCUT2D eigenvalue weighted by Crippen LogP contribution is -2.46. The van der Waals surface area contributed by atoms with E-state index in [1.807, 2.05) is 0 Å². The number of carboxylic acid groups (broad SMARTS) is 1. The number of aliphatic carboxylic acids is 1. The number of phenolic OH excluding ortho intramolecular Hbond substituents is 2. The molecule has 0 aliphatic heterocycles. The maximum atomic E-state index is 12.1. The summed E-state index contributed by atoms with van der Waals surface area (Å²) in [6.45, 7) is -0.381. The highest BCUT2D eigenvalue weighted by molar-refractivity contribution is 5.88. The van der Waals surface area contributed by atoms with E-state index in [0.29, 0.717) is 5.56 Å². The molecule has 34 heavy (non-hydrogen) atoms. The van der Waals surface area contributed by atoms with Gasteiger partial charge < -0.3 is 37.0 Å². The molecular formula is C23H28N4O7. The van der Waals surface area contributed by atoms with Crippen molar-refractivity contribution in [2.24, 2.45) is 5.73 Å². The molecule has 2 aromatic rings. The molecule has 8 N–H and O–H groups in total. The fraction of sp³-hybridized carbons (Fsp3) is 0.304. The number of carboxylic acids is 1. The van der Waals surface area contributed by atoms with Crippen LogP contribution in [0.2, 0.25) is 0 Å². The van der Waals surface area contributed by atoms with E-state index in [2.05, 4.69) is 16.0 Å². The zero-order chi connectivity index (χ0) is 25.1. The molecular weight excluding hydrogens is 444 g/mol. The van der Waals surface area contributed by atoms with E-state index in [0.717, 1.165) is 5.56 Å². The lowest BCUT2D eigenvalue weighted by molar-refractivity contribution is -0.141. The summed E-state index contributed by atoms with van der Waals surface area (Å²) in [5.41, 5.74) is 7.20. The molecule has 0 spiro atoms. The molecule has 0 bridgehead atoms. The summed E-state index contributed by atoms with van der Waals surface area (Å²) in [5, 5.41) is 35.2. The molecule has 0 aliphatic rings. The van der Waals surface area contributed by atoms with Crippen LogP contribution < -0.4 is 21.7 Å². The molecule has 3 amide bonds. The van der Waals surface area contributed by atoms with Crippen molar-refractivity contribution in [2.45, 2.75) is 31.3 Å². The van der Waals surface area contributed by atoms with E-state index in [9.17, 15) is 34.5 Å². The average Bonchev–Trinajstić information content (AvgIpc) is 2.79. The first kappa shape index (κ1) is 26.1. The van der Waals surface area contributed by atoms with Gasteiger partial charge in [0.1, 0.15) is 17.5 Å². The monoisotopic (exact) mass is 472 g/mol. The van der Waals surface area contributed by atoms with Gasteiger partial charge in [0.25, 0.3) is 0 Å². The molecule has 0 heterocycles. The molecule has 0 aliphatic carbocycles. The molecule has 0 fully saturated rings. The Kier molecular flexibility index (Phi) is 9.84. The van der Waals surface area contributed by atoms with Crippen LogP contribution in [-0.4, -0.2) is 64.2 Å². The number of hydrogen-bond donors (Lipinski definition) is 7. The van der Waals surface area contributed by atoms with Crippen LogP contribution >= 0.6 is 0 Å². The van der Waals surface area contributed by atoms with Crippen molar-refractivity contribution in [3.05, 3.63) is 59.7 Å². The number of aromatic hydroxyl groups is 2. The van der Waals surface area contributed by atoms with E-state index in [1.54, 1.807) is 24.3 Å². The molecule has 0 aromatic heterocycles. The topological polar surface area (TPSA) is 191 Å². The molecule has 182 valence electrons. The summed E-state index contributed by atoms with van der Waals surface area (Å²) in [5.74, 6) is -2.69. The van der Waals surface area contributed by atoms with Gasteiger partial charge in [-0.2, -0.15) is 0 Å². The van der Waals surface area contributed by atoms with E-state index < -0.39 is 35.8 Å². The zero-order valence-electron chi connectivity index (χ0n) is 18.4. The average molecular weight is 472 g/mol. The highest BCUT2D eigenvalue weighted by Crippen LogP contribution is 2.12. The number of amides is 3. The highest BCUT2D eigenvalue weighted by atomic mass is 16.4. The van der Waals surface area contributed by atoms with Gasteiger partial charge in [0.2, 0.25) is 17.7 Å². The minimum Gasteiger partial charge on any atom is -0.508 e. The Morgan fingerprint density at radius 1 is 0.794 bits per heavy atom. The maximum absolute atomic E-state index is 12.1. The number of benzene rings is 2. The SMILES string of the molecule is NC(Cc1ccc(O)cc1)C(=O)NCC(=O)NCCC(=O)NC(Cc1ccc(O)cc1)C(=O)O. The molecule has 2 unspecified atom stereocenters. The van der Waals surface area contributed by atoms with E-state index in [1.165, 1.54) is 24.3 Å². The fourth-order valence-corrected chi connectivity index (χ4v) is 2.99. The summed E-state index contributed by atoms with van der Waals surface area (Å²) in [4.78, 5) is 47.5. The van der Waals surface area contributed by atoms with Gasteiger partial charge in [0.05, 0.1) is 12.6 Å². The van der Waals surface area contributed by atoms with Crippen LogP contribution in [0.3, 0.4) is 0 Å². The van der Waals surface area contributed by atoms with E-state index >= 15 is 0 Å².